The topological polar surface area (TPSA) is 102 Å². The number of methoxy groups -OCH3 is 1. The zero-order chi connectivity index (χ0) is 14.5. The lowest BCUT2D eigenvalue weighted by molar-refractivity contribution is 0.0877. The van der Waals surface area contributed by atoms with Crippen LogP contribution in [0, 0.1) is 6.92 Å². The molecule has 0 aliphatic carbocycles. The van der Waals surface area contributed by atoms with E-state index >= 15 is 0 Å². The van der Waals surface area contributed by atoms with Crippen LogP contribution in [0.25, 0.3) is 5.78 Å². The van der Waals surface area contributed by atoms with Gasteiger partial charge >= 0.3 is 0 Å². The third-order valence-corrected chi connectivity index (χ3v) is 2.97. The van der Waals surface area contributed by atoms with Crippen LogP contribution in [0.3, 0.4) is 0 Å². The van der Waals surface area contributed by atoms with E-state index in [9.17, 15) is 4.79 Å². The molecule has 2 rings (SSSR count). The highest BCUT2D eigenvalue weighted by atomic mass is 16.5. The Morgan fingerprint density at radius 2 is 2.35 bits per heavy atom. The van der Waals surface area contributed by atoms with Crippen molar-refractivity contribution in [3.05, 3.63) is 23.8 Å². The van der Waals surface area contributed by atoms with Gasteiger partial charge in [0.1, 0.15) is 6.33 Å². The summed E-state index contributed by atoms with van der Waals surface area (Å²) in [6, 6.07) is -0.247. The van der Waals surface area contributed by atoms with Crippen molar-refractivity contribution in [2.24, 2.45) is 0 Å². The van der Waals surface area contributed by atoms with Gasteiger partial charge in [-0.2, -0.15) is 10.1 Å². The molecule has 108 valence electrons. The van der Waals surface area contributed by atoms with Crippen molar-refractivity contribution in [2.45, 2.75) is 19.4 Å². The van der Waals surface area contributed by atoms with Crippen molar-refractivity contribution < 1.29 is 14.6 Å². The second-order valence-electron chi connectivity index (χ2n) is 4.37. The first-order valence-electron chi connectivity index (χ1n) is 6.23. The third kappa shape index (κ3) is 2.91. The monoisotopic (exact) mass is 279 g/mol. The molecule has 0 aromatic carbocycles. The van der Waals surface area contributed by atoms with E-state index < -0.39 is 0 Å². The zero-order valence-electron chi connectivity index (χ0n) is 11.4. The maximum absolute atomic E-state index is 12.2. The molecule has 1 unspecified atom stereocenters. The average molecular weight is 279 g/mol. The van der Waals surface area contributed by atoms with Crippen LogP contribution < -0.4 is 5.32 Å². The summed E-state index contributed by atoms with van der Waals surface area (Å²) in [5, 5.41) is 15.8. The molecule has 1 amide bonds. The largest absolute Gasteiger partial charge is 0.396 e. The lowest BCUT2D eigenvalue weighted by Crippen LogP contribution is -2.39. The number of carbonyl (C=O) groups is 1. The van der Waals surface area contributed by atoms with Gasteiger partial charge in [-0.3, -0.25) is 4.79 Å². The molecule has 0 saturated heterocycles. The van der Waals surface area contributed by atoms with Crippen molar-refractivity contribution in [1.29, 1.82) is 0 Å². The molecule has 2 aromatic rings. The molecule has 0 aliphatic heterocycles. The lowest BCUT2D eigenvalue weighted by Gasteiger charge is -2.17. The van der Waals surface area contributed by atoms with Crippen molar-refractivity contribution in [2.75, 3.05) is 20.3 Å². The molecule has 2 heterocycles. The lowest BCUT2D eigenvalue weighted by atomic mass is 10.2. The van der Waals surface area contributed by atoms with Crippen LogP contribution in [-0.4, -0.2) is 57.0 Å². The molecule has 8 nitrogen and oxygen atoms in total. The van der Waals surface area contributed by atoms with Crippen LogP contribution in [-0.2, 0) is 4.74 Å². The quantitative estimate of drug-likeness (QED) is 0.743. The summed E-state index contributed by atoms with van der Waals surface area (Å²) < 4.78 is 6.52. The molecular weight excluding hydrogens is 262 g/mol. The molecule has 0 saturated carbocycles. The van der Waals surface area contributed by atoms with Gasteiger partial charge in [-0.1, -0.05) is 0 Å². The number of nitrogens with zero attached hydrogens (tertiary/aromatic N) is 4. The SMILES string of the molecule is COCC(CCO)NC(=O)c1cnc2ncnn2c1C. The molecule has 0 spiro atoms. The summed E-state index contributed by atoms with van der Waals surface area (Å²) in [7, 11) is 1.55. The molecule has 2 aromatic heterocycles. The Bertz CT molecular complexity index is 592. The normalized spacial score (nSPS) is 12.6. The standard InChI is InChI=1S/C12H17N5O3/c1-8-10(5-13-12-14-7-15-17(8)12)11(19)16-9(3-4-18)6-20-2/h5,7,9,18H,3-4,6H2,1-2H3,(H,16,19). The summed E-state index contributed by atoms with van der Waals surface area (Å²) in [4.78, 5) is 20.3. The van der Waals surface area contributed by atoms with Crippen LogP contribution >= 0.6 is 0 Å². The molecule has 0 bridgehead atoms. The highest BCUT2D eigenvalue weighted by molar-refractivity contribution is 5.95. The Labute approximate surface area is 115 Å². The van der Waals surface area contributed by atoms with Crippen LogP contribution in [0.2, 0.25) is 0 Å². The smallest absolute Gasteiger partial charge is 0.254 e. The van der Waals surface area contributed by atoms with Gasteiger partial charge in [0.05, 0.1) is 23.9 Å². The predicted octanol–water partition coefficient (Wildman–Crippen LogP) is -0.440. The van der Waals surface area contributed by atoms with E-state index in [2.05, 4.69) is 20.4 Å². The number of aromatic nitrogens is 4. The number of nitrogens with one attached hydrogen (secondary N) is 1. The van der Waals surface area contributed by atoms with Gasteiger partial charge in [0.2, 0.25) is 0 Å². The molecule has 8 heteroatoms. The van der Waals surface area contributed by atoms with Crippen LogP contribution in [0.15, 0.2) is 12.5 Å². The minimum Gasteiger partial charge on any atom is -0.396 e. The highest BCUT2D eigenvalue weighted by Gasteiger charge is 2.17. The van der Waals surface area contributed by atoms with Gasteiger partial charge < -0.3 is 15.2 Å². The molecule has 0 fully saturated rings. The predicted molar refractivity (Wildman–Crippen MR) is 70.4 cm³/mol. The van der Waals surface area contributed by atoms with Crippen LogP contribution in [0.4, 0.5) is 0 Å². The fourth-order valence-corrected chi connectivity index (χ4v) is 1.93. The van der Waals surface area contributed by atoms with Crippen LogP contribution in [0.1, 0.15) is 22.5 Å². The maximum atomic E-state index is 12.2. The van der Waals surface area contributed by atoms with Crippen molar-refractivity contribution in [1.82, 2.24) is 24.9 Å². The van der Waals surface area contributed by atoms with Crippen LogP contribution in [0.5, 0.6) is 0 Å². The maximum Gasteiger partial charge on any atom is 0.254 e. The number of amides is 1. The Balaban J connectivity index is 2.19. The summed E-state index contributed by atoms with van der Waals surface area (Å²) in [6.45, 7) is 2.09. The second-order valence-corrected chi connectivity index (χ2v) is 4.37. The average Bonchev–Trinajstić information content (AvgIpc) is 2.89. The van der Waals surface area contributed by atoms with E-state index in [1.165, 1.54) is 17.0 Å². The van der Waals surface area contributed by atoms with Gasteiger partial charge in [-0.25, -0.2) is 9.50 Å². The number of ether oxygens (including phenoxy) is 1. The number of hydrogen-bond acceptors (Lipinski definition) is 6. The van der Waals surface area contributed by atoms with Crippen molar-refractivity contribution in [3.63, 3.8) is 0 Å². The van der Waals surface area contributed by atoms with Gasteiger partial charge in [-0.05, 0) is 13.3 Å². The number of carbonyl (C=O) groups excluding carboxylic acids is 1. The first-order chi connectivity index (χ1) is 9.67. The second kappa shape index (κ2) is 6.40. The summed E-state index contributed by atoms with van der Waals surface area (Å²) >= 11 is 0. The molecule has 1 atom stereocenters. The van der Waals surface area contributed by atoms with E-state index in [4.69, 9.17) is 9.84 Å². The molecule has 20 heavy (non-hydrogen) atoms. The van der Waals surface area contributed by atoms with E-state index in [1.54, 1.807) is 14.0 Å². The summed E-state index contributed by atoms with van der Waals surface area (Å²) in [5.41, 5.74) is 1.08. The van der Waals surface area contributed by atoms with Gasteiger partial charge in [0.15, 0.2) is 0 Å². The highest BCUT2D eigenvalue weighted by Crippen LogP contribution is 2.08. The zero-order valence-corrected chi connectivity index (χ0v) is 11.4. The number of hydrogen-bond donors (Lipinski definition) is 2. The van der Waals surface area contributed by atoms with E-state index in [-0.39, 0.29) is 18.6 Å². The van der Waals surface area contributed by atoms with Crippen molar-refractivity contribution >= 4 is 11.7 Å². The Hall–Kier alpha value is -2.06. The van der Waals surface area contributed by atoms with E-state index in [0.29, 0.717) is 30.1 Å². The number of fused-ring (bicyclic) bond motifs is 1. The molecule has 2 N–H and O–H groups in total. The Kier molecular flexibility index (Phi) is 4.59. The van der Waals surface area contributed by atoms with Gasteiger partial charge in [0, 0.05) is 19.9 Å². The number of aliphatic hydroxyl groups is 1. The molecule has 0 aliphatic rings. The van der Waals surface area contributed by atoms with Gasteiger partial charge in [0.25, 0.3) is 11.7 Å². The summed E-state index contributed by atoms with van der Waals surface area (Å²) in [6.07, 6.45) is 3.28. The minimum absolute atomic E-state index is 0.0202. The van der Waals surface area contributed by atoms with Crippen molar-refractivity contribution in [3.8, 4) is 0 Å². The van der Waals surface area contributed by atoms with E-state index in [0.717, 1.165) is 0 Å². The van der Waals surface area contributed by atoms with Gasteiger partial charge in [-0.15, -0.1) is 0 Å². The fraction of sp³-hybridized carbons (Fsp3) is 0.500. The molecule has 0 radical (unpaired) electrons. The Morgan fingerprint density at radius 1 is 1.55 bits per heavy atom. The minimum atomic E-state index is -0.275. The molecular formula is C12H17N5O3. The fourth-order valence-electron chi connectivity index (χ4n) is 1.93. The first-order valence-corrected chi connectivity index (χ1v) is 6.23. The number of aliphatic hydroxyl groups excluding tert-OH is 1. The summed E-state index contributed by atoms with van der Waals surface area (Å²) in [5.74, 6) is 0.172. The number of rotatable bonds is 6. The third-order valence-electron chi connectivity index (χ3n) is 2.97. The Morgan fingerprint density at radius 3 is 3.05 bits per heavy atom. The number of aryl methyl sites for hydroxylation is 1. The van der Waals surface area contributed by atoms with E-state index in [1.807, 2.05) is 0 Å². The first kappa shape index (κ1) is 14.4.